The molecule has 32 heavy (non-hydrogen) atoms. The molecule has 2 aromatic carbocycles. The number of aromatic nitrogens is 1. The average molecular weight is 425 g/mol. The van der Waals surface area contributed by atoms with Crippen molar-refractivity contribution in [1.29, 1.82) is 10.5 Å². The minimum atomic E-state index is -0.143. The number of aryl methyl sites for hydroxylation is 1. The van der Waals surface area contributed by atoms with Crippen LogP contribution in [0.2, 0.25) is 0 Å². The van der Waals surface area contributed by atoms with Gasteiger partial charge in [-0.3, -0.25) is 4.98 Å². The van der Waals surface area contributed by atoms with Crippen molar-refractivity contribution in [3.05, 3.63) is 87.7 Å². The van der Waals surface area contributed by atoms with E-state index in [1.807, 2.05) is 31.2 Å². The molecule has 6 nitrogen and oxygen atoms in total. The number of hydrogen-bond donors (Lipinski definition) is 2. The topological polar surface area (TPSA) is 102 Å². The molecule has 3 aromatic rings. The third kappa shape index (κ3) is 4.72. The van der Waals surface area contributed by atoms with Gasteiger partial charge in [0.1, 0.15) is 12.4 Å². The van der Waals surface area contributed by atoms with E-state index in [0.29, 0.717) is 35.9 Å². The Morgan fingerprint density at radius 3 is 2.19 bits per heavy atom. The van der Waals surface area contributed by atoms with Crippen LogP contribution in [0.3, 0.4) is 0 Å². The normalized spacial score (nSPS) is 12.6. The number of ether oxygens (including phenoxy) is 1. The fourth-order valence-corrected chi connectivity index (χ4v) is 3.74. The molecule has 6 heteroatoms. The number of benzene rings is 2. The lowest BCUT2D eigenvalue weighted by Gasteiger charge is -2.20. The van der Waals surface area contributed by atoms with Crippen LogP contribution in [0.15, 0.2) is 48.5 Å². The van der Waals surface area contributed by atoms with Crippen LogP contribution in [-0.2, 0) is 19.8 Å². The van der Waals surface area contributed by atoms with Crippen LogP contribution in [0.5, 0.6) is 5.75 Å². The van der Waals surface area contributed by atoms with Crippen molar-refractivity contribution < 1.29 is 9.84 Å². The van der Waals surface area contributed by atoms with Crippen LogP contribution in [0, 0.1) is 29.6 Å². The summed E-state index contributed by atoms with van der Waals surface area (Å²) in [5.41, 5.74) is 6.58. The standard InChI is InChI=1S/C26H24N4O2/c1-17-26(32-16-20-4-2-18(12-27)3-5-20)24(15-31)23(25(30-17)21-8-9-21)14-29-22-10-6-19(13-28)7-11-22/h2-7,10-11,21,29,31H,8-9,14-16H2,1H3. The lowest BCUT2D eigenvalue weighted by atomic mass is 10.0. The number of hydrogen-bond acceptors (Lipinski definition) is 6. The Morgan fingerprint density at radius 2 is 1.62 bits per heavy atom. The first kappa shape index (κ1) is 21.4. The number of nitrogens with one attached hydrogen (secondary N) is 1. The second kappa shape index (κ2) is 9.51. The Morgan fingerprint density at radius 1 is 1.00 bits per heavy atom. The van der Waals surface area contributed by atoms with Gasteiger partial charge in [-0.2, -0.15) is 10.5 Å². The van der Waals surface area contributed by atoms with E-state index in [2.05, 4.69) is 17.5 Å². The second-order valence-electron chi connectivity index (χ2n) is 7.94. The van der Waals surface area contributed by atoms with Gasteiger partial charge in [0.25, 0.3) is 0 Å². The SMILES string of the molecule is Cc1nc(C2CC2)c(CNc2ccc(C#N)cc2)c(CO)c1OCc1ccc(C#N)cc1. The molecular weight excluding hydrogens is 400 g/mol. The Hall–Kier alpha value is -3.87. The van der Waals surface area contributed by atoms with Gasteiger partial charge in [0, 0.05) is 35.0 Å². The van der Waals surface area contributed by atoms with Gasteiger partial charge < -0.3 is 15.2 Å². The van der Waals surface area contributed by atoms with E-state index in [1.165, 1.54) is 0 Å². The molecule has 0 unspecified atom stereocenters. The zero-order valence-corrected chi connectivity index (χ0v) is 17.9. The summed E-state index contributed by atoms with van der Waals surface area (Å²) in [6, 6.07) is 18.8. The molecule has 1 aliphatic carbocycles. The van der Waals surface area contributed by atoms with E-state index >= 15 is 0 Å². The molecule has 0 spiro atoms. The van der Waals surface area contributed by atoms with E-state index < -0.39 is 0 Å². The maximum Gasteiger partial charge on any atom is 0.146 e. The number of nitriles is 2. The monoisotopic (exact) mass is 424 g/mol. The van der Waals surface area contributed by atoms with Crippen LogP contribution in [0.1, 0.15) is 58.0 Å². The summed E-state index contributed by atoms with van der Waals surface area (Å²) in [4.78, 5) is 4.86. The number of anilines is 1. The number of aliphatic hydroxyl groups is 1. The highest BCUT2D eigenvalue weighted by atomic mass is 16.5. The van der Waals surface area contributed by atoms with E-state index in [0.717, 1.165) is 46.6 Å². The zero-order valence-electron chi connectivity index (χ0n) is 17.9. The number of pyridine rings is 1. The summed E-state index contributed by atoms with van der Waals surface area (Å²) in [6.07, 6.45) is 2.21. The summed E-state index contributed by atoms with van der Waals surface area (Å²) in [5.74, 6) is 1.03. The van der Waals surface area contributed by atoms with Gasteiger partial charge in [0.05, 0.1) is 35.6 Å². The third-order valence-electron chi connectivity index (χ3n) is 5.64. The van der Waals surface area contributed by atoms with Gasteiger partial charge in [-0.05, 0) is 61.7 Å². The first-order valence-corrected chi connectivity index (χ1v) is 10.6. The highest BCUT2D eigenvalue weighted by Crippen LogP contribution is 2.43. The minimum Gasteiger partial charge on any atom is -0.487 e. The first-order valence-electron chi connectivity index (χ1n) is 10.6. The molecule has 1 aliphatic rings. The molecule has 4 rings (SSSR count). The number of rotatable bonds is 8. The van der Waals surface area contributed by atoms with Crippen LogP contribution >= 0.6 is 0 Å². The highest BCUT2D eigenvalue weighted by molar-refractivity contribution is 5.51. The van der Waals surface area contributed by atoms with E-state index in [-0.39, 0.29) is 6.61 Å². The van der Waals surface area contributed by atoms with Crippen molar-refractivity contribution >= 4 is 5.69 Å². The van der Waals surface area contributed by atoms with Gasteiger partial charge in [0.15, 0.2) is 0 Å². The van der Waals surface area contributed by atoms with Crippen molar-refractivity contribution in [3.8, 4) is 17.9 Å². The molecular formula is C26H24N4O2. The van der Waals surface area contributed by atoms with Gasteiger partial charge >= 0.3 is 0 Å². The molecule has 0 atom stereocenters. The van der Waals surface area contributed by atoms with Crippen molar-refractivity contribution in [2.75, 3.05) is 5.32 Å². The lowest BCUT2D eigenvalue weighted by molar-refractivity contribution is 0.255. The number of nitrogens with zero attached hydrogens (tertiary/aromatic N) is 3. The Bertz CT molecular complexity index is 1180. The molecule has 0 radical (unpaired) electrons. The van der Waals surface area contributed by atoms with Crippen LogP contribution < -0.4 is 10.1 Å². The maximum absolute atomic E-state index is 10.3. The molecule has 1 fully saturated rings. The molecule has 0 bridgehead atoms. The van der Waals surface area contributed by atoms with Crippen molar-refractivity contribution in [2.45, 2.75) is 45.4 Å². The first-order chi connectivity index (χ1) is 15.6. The molecule has 1 saturated carbocycles. The maximum atomic E-state index is 10.3. The van der Waals surface area contributed by atoms with E-state index in [9.17, 15) is 5.11 Å². The second-order valence-corrected chi connectivity index (χ2v) is 7.94. The zero-order chi connectivity index (χ0) is 22.5. The molecule has 1 heterocycles. The van der Waals surface area contributed by atoms with Crippen molar-refractivity contribution in [3.63, 3.8) is 0 Å². The van der Waals surface area contributed by atoms with Gasteiger partial charge in [-0.1, -0.05) is 12.1 Å². The Balaban J connectivity index is 1.60. The average Bonchev–Trinajstić information content (AvgIpc) is 3.68. The predicted octanol–water partition coefficient (Wildman–Crippen LogP) is 4.69. The minimum absolute atomic E-state index is 0.143. The summed E-state index contributed by atoms with van der Waals surface area (Å²) in [5, 5.41) is 31.6. The fraction of sp³-hybridized carbons (Fsp3) is 0.269. The fourth-order valence-electron chi connectivity index (χ4n) is 3.74. The quantitative estimate of drug-likeness (QED) is 0.544. The smallest absolute Gasteiger partial charge is 0.146 e. The summed E-state index contributed by atoms with van der Waals surface area (Å²) in [7, 11) is 0. The molecule has 1 aromatic heterocycles. The number of aliphatic hydroxyl groups excluding tert-OH is 1. The highest BCUT2D eigenvalue weighted by Gasteiger charge is 2.30. The van der Waals surface area contributed by atoms with Gasteiger partial charge in [0.2, 0.25) is 0 Å². The molecule has 0 saturated heterocycles. The molecule has 2 N–H and O–H groups in total. The van der Waals surface area contributed by atoms with Crippen LogP contribution in [0.4, 0.5) is 5.69 Å². The third-order valence-corrected chi connectivity index (χ3v) is 5.64. The van der Waals surface area contributed by atoms with E-state index in [1.54, 1.807) is 24.3 Å². The van der Waals surface area contributed by atoms with E-state index in [4.69, 9.17) is 20.2 Å². The van der Waals surface area contributed by atoms with Crippen LogP contribution in [-0.4, -0.2) is 10.1 Å². The van der Waals surface area contributed by atoms with Crippen molar-refractivity contribution in [2.24, 2.45) is 0 Å². The largest absolute Gasteiger partial charge is 0.487 e. The molecule has 160 valence electrons. The van der Waals surface area contributed by atoms with Gasteiger partial charge in [-0.15, -0.1) is 0 Å². The summed E-state index contributed by atoms with van der Waals surface area (Å²) in [6.45, 7) is 2.60. The molecule has 0 amide bonds. The molecule has 0 aliphatic heterocycles. The van der Waals surface area contributed by atoms with Crippen molar-refractivity contribution in [1.82, 2.24) is 4.98 Å². The lowest BCUT2D eigenvalue weighted by Crippen LogP contribution is -2.13. The van der Waals surface area contributed by atoms with Crippen LogP contribution in [0.25, 0.3) is 0 Å². The summed E-state index contributed by atoms with van der Waals surface area (Å²) < 4.78 is 6.13. The summed E-state index contributed by atoms with van der Waals surface area (Å²) >= 11 is 0. The Labute approximate surface area is 187 Å². The predicted molar refractivity (Wildman–Crippen MR) is 121 cm³/mol. The van der Waals surface area contributed by atoms with Gasteiger partial charge in [-0.25, -0.2) is 0 Å². The Kier molecular flexibility index (Phi) is 6.35.